The number of alkyl halides is 3. The minimum atomic E-state index is -4.62. The molecule has 0 radical (unpaired) electrons. The number of benzene rings is 1. The molecule has 150 valence electrons. The molecule has 1 saturated carbocycles. The molecule has 0 atom stereocenters. The summed E-state index contributed by atoms with van der Waals surface area (Å²) in [4.78, 5) is 27.8. The minimum absolute atomic E-state index is 0.0205. The first-order valence-corrected chi connectivity index (χ1v) is 8.87. The SMILES string of the molecule is CC(=O)Nc1ccc(NC(=O)c2cc3nc(C4CC4)cc(C(F)(F)F)n3n2)cc1. The molecule has 1 fully saturated rings. The highest BCUT2D eigenvalue weighted by Crippen LogP contribution is 2.41. The zero-order valence-corrected chi connectivity index (χ0v) is 15.2. The van der Waals surface area contributed by atoms with E-state index in [1.807, 2.05) is 0 Å². The van der Waals surface area contributed by atoms with Gasteiger partial charge in [0, 0.05) is 36.0 Å². The number of amides is 2. The van der Waals surface area contributed by atoms with E-state index in [4.69, 9.17) is 0 Å². The second kappa shape index (κ2) is 6.87. The molecule has 0 aliphatic heterocycles. The number of carbonyl (C=O) groups excluding carboxylic acids is 2. The average Bonchev–Trinajstić information content (AvgIpc) is 3.40. The van der Waals surface area contributed by atoms with Crippen molar-refractivity contribution in [3.8, 4) is 0 Å². The molecule has 0 unspecified atom stereocenters. The third-order valence-corrected chi connectivity index (χ3v) is 4.43. The molecule has 4 rings (SSSR count). The zero-order valence-electron chi connectivity index (χ0n) is 15.2. The number of nitrogens with one attached hydrogen (secondary N) is 2. The molecule has 3 aromatic rings. The molecule has 2 aromatic heterocycles. The molecule has 2 amide bonds. The van der Waals surface area contributed by atoms with Crippen LogP contribution < -0.4 is 10.6 Å². The van der Waals surface area contributed by atoms with Gasteiger partial charge in [-0.15, -0.1) is 0 Å². The maximum atomic E-state index is 13.4. The standard InChI is InChI=1S/C19H16F3N5O2/c1-10(28)23-12-4-6-13(7-5-12)24-18(29)15-9-17-25-14(11-2-3-11)8-16(19(20,21)22)27(17)26-15/h4-9,11H,2-3H2,1H3,(H,23,28)(H,24,29). The highest BCUT2D eigenvalue weighted by Gasteiger charge is 2.37. The van der Waals surface area contributed by atoms with Crippen molar-refractivity contribution < 1.29 is 22.8 Å². The second-order valence-corrected chi connectivity index (χ2v) is 6.85. The van der Waals surface area contributed by atoms with E-state index in [1.54, 1.807) is 24.3 Å². The predicted octanol–water partition coefficient (Wildman–Crippen LogP) is 3.84. The van der Waals surface area contributed by atoms with Crippen molar-refractivity contribution in [2.45, 2.75) is 31.9 Å². The molecular formula is C19H16F3N5O2. The summed E-state index contributed by atoms with van der Waals surface area (Å²) in [6.07, 6.45) is -3.02. The predicted molar refractivity (Wildman–Crippen MR) is 98.7 cm³/mol. The first-order chi connectivity index (χ1) is 13.7. The normalized spacial score (nSPS) is 14.1. The van der Waals surface area contributed by atoms with E-state index in [2.05, 4.69) is 20.7 Å². The number of anilines is 2. The molecule has 1 aromatic carbocycles. The van der Waals surface area contributed by atoms with Crippen LogP contribution in [0.1, 0.15) is 47.6 Å². The van der Waals surface area contributed by atoms with Crippen molar-refractivity contribution in [1.82, 2.24) is 14.6 Å². The van der Waals surface area contributed by atoms with Crippen LogP contribution in [0.25, 0.3) is 5.65 Å². The molecule has 29 heavy (non-hydrogen) atoms. The average molecular weight is 403 g/mol. The van der Waals surface area contributed by atoms with E-state index in [0.717, 1.165) is 18.9 Å². The van der Waals surface area contributed by atoms with Gasteiger partial charge in [-0.05, 0) is 43.2 Å². The molecule has 2 heterocycles. The molecule has 2 N–H and O–H groups in total. The number of carbonyl (C=O) groups is 2. The number of rotatable bonds is 4. The highest BCUT2D eigenvalue weighted by molar-refractivity contribution is 6.03. The van der Waals surface area contributed by atoms with Crippen LogP contribution in [0.5, 0.6) is 0 Å². The topological polar surface area (TPSA) is 88.4 Å². The smallest absolute Gasteiger partial charge is 0.326 e. The largest absolute Gasteiger partial charge is 0.433 e. The summed E-state index contributed by atoms with van der Waals surface area (Å²) in [6, 6.07) is 8.53. The fourth-order valence-electron chi connectivity index (χ4n) is 2.93. The summed E-state index contributed by atoms with van der Waals surface area (Å²) >= 11 is 0. The van der Waals surface area contributed by atoms with Crippen LogP contribution in [0.15, 0.2) is 36.4 Å². The Morgan fingerprint density at radius 2 is 1.69 bits per heavy atom. The number of hydrogen-bond acceptors (Lipinski definition) is 4. The number of halogens is 3. The molecular weight excluding hydrogens is 387 g/mol. The van der Waals surface area contributed by atoms with Gasteiger partial charge in [-0.2, -0.15) is 18.3 Å². The van der Waals surface area contributed by atoms with Crippen molar-refractivity contribution in [1.29, 1.82) is 0 Å². The van der Waals surface area contributed by atoms with E-state index in [9.17, 15) is 22.8 Å². The van der Waals surface area contributed by atoms with Crippen LogP contribution in [-0.2, 0) is 11.0 Å². The maximum absolute atomic E-state index is 13.4. The van der Waals surface area contributed by atoms with Crippen LogP contribution in [-0.4, -0.2) is 26.4 Å². The summed E-state index contributed by atoms with van der Waals surface area (Å²) in [7, 11) is 0. The zero-order chi connectivity index (χ0) is 20.8. The van der Waals surface area contributed by atoms with Gasteiger partial charge in [0.25, 0.3) is 5.91 Å². The Kier molecular flexibility index (Phi) is 4.48. The van der Waals surface area contributed by atoms with Gasteiger partial charge in [-0.1, -0.05) is 0 Å². The van der Waals surface area contributed by atoms with E-state index >= 15 is 0 Å². The Labute approximate surface area is 162 Å². The van der Waals surface area contributed by atoms with Crippen LogP contribution in [0.2, 0.25) is 0 Å². The van der Waals surface area contributed by atoms with Crippen molar-refractivity contribution in [2.75, 3.05) is 10.6 Å². The number of fused-ring (bicyclic) bond motifs is 1. The third kappa shape index (κ3) is 4.05. The number of aromatic nitrogens is 3. The Morgan fingerprint density at radius 1 is 1.07 bits per heavy atom. The van der Waals surface area contributed by atoms with Gasteiger partial charge >= 0.3 is 6.18 Å². The van der Waals surface area contributed by atoms with Gasteiger partial charge in [-0.25, -0.2) is 9.50 Å². The molecule has 1 aliphatic carbocycles. The number of hydrogen-bond donors (Lipinski definition) is 2. The fourth-order valence-corrected chi connectivity index (χ4v) is 2.93. The Hall–Kier alpha value is -3.43. The van der Waals surface area contributed by atoms with Crippen LogP contribution >= 0.6 is 0 Å². The summed E-state index contributed by atoms with van der Waals surface area (Å²) in [6.45, 7) is 1.37. The van der Waals surface area contributed by atoms with Gasteiger partial charge < -0.3 is 10.6 Å². The molecule has 0 bridgehead atoms. The van der Waals surface area contributed by atoms with E-state index in [1.165, 1.54) is 13.0 Å². The van der Waals surface area contributed by atoms with Crippen LogP contribution in [0, 0.1) is 0 Å². The van der Waals surface area contributed by atoms with Crippen molar-refractivity contribution in [2.24, 2.45) is 0 Å². The van der Waals surface area contributed by atoms with Crippen LogP contribution in [0.4, 0.5) is 24.5 Å². The molecule has 0 spiro atoms. The molecule has 0 saturated heterocycles. The Morgan fingerprint density at radius 3 is 2.24 bits per heavy atom. The Bertz CT molecular complexity index is 1100. The van der Waals surface area contributed by atoms with Gasteiger partial charge in [0.1, 0.15) is 5.69 Å². The quantitative estimate of drug-likeness (QED) is 0.693. The maximum Gasteiger partial charge on any atom is 0.433 e. The summed E-state index contributed by atoms with van der Waals surface area (Å²) < 4.78 is 41.0. The summed E-state index contributed by atoms with van der Waals surface area (Å²) in [5, 5.41) is 8.98. The van der Waals surface area contributed by atoms with Gasteiger partial charge in [0.15, 0.2) is 11.3 Å². The monoisotopic (exact) mass is 403 g/mol. The van der Waals surface area contributed by atoms with Crippen LogP contribution in [0.3, 0.4) is 0 Å². The summed E-state index contributed by atoms with van der Waals surface area (Å²) in [5.41, 5.74) is 0.168. The molecule has 10 heteroatoms. The fraction of sp³-hybridized carbons (Fsp3) is 0.263. The first kappa shape index (κ1) is 18.9. The first-order valence-electron chi connectivity index (χ1n) is 8.87. The van der Waals surface area contributed by atoms with Gasteiger partial charge in [0.2, 0.25) is 5.91 Å². The summed E-state index contributed by atoms with van der Waals surface area (Å²) in [5.74, 6) is -0.871. The van der Waals surface area contributed by atoms with Crippen molar-refractivity contribution in [3.63, 3.8) is 0 Å². The van der Waals surface area contributed by atoms with E-state index < -0.39 is 17.8 Å². The molecule has 1 aliphatic rings. The minimum Gasteiger partial charge on any atom is -0.326 e. The van der Waals surface area contributed by atoms with Crippen molar-refractivity contribution in [3.05, 3.63) is 53.5 Å². The van der Waals surface area contributed by atoms with Gasteiger partial charge in [0.05, 0.1) is 0 Å². The second-order valence-electron chi connectivity index (χ2n) is 6.85. The highest BCUT2D eigenvalue weighted by atomic mass is 19.4. The lowest BCUT2D eigenvalue weighted by Crippen LogP contribution is -2.16. The molecule has 7 nitrogen and oxygen atoms in total. The van der Waals surface area contributed by atoms with Gasteiger partial charge in [-0.3, -0.25) is 9.59 Å². The Balaban J connectivity index is 1.62. The van der Waals surface area contributed by atoms with E-state index in [0.29, 0.717) is 21.6 Å². The third-order valence-electron chi connectivity index (χ3n) is 4.43. The lowest BCUT2D eigenvalue weighted by Gasteiger charge is -2.10. The van der Waals surface area contributed by atoms with E-state index in [-0.39, 0.29) is 23.2 Å². The van der Waals surface area contributed by atoms with Crippen molar-refractivity contribution >= 4 is 28.8 Å². The lowest BCUT2D eigenvalue weighted by atomic mass is 10.2. The lowest BCUT2D eigenvalue weighted by molar-refractivity contribution is -0.142. The number of nitrogens with zero attached hydrogens (tertiary/aromatic N) is 3.